The fourth-order valence-electron chi connectivity index (χ4n) is 3.02. The Morgan fingerprint density at radius 2 is 1.81 bits per heavy atom. The van der Waals surface area contributed by atoms with Gasteiger partial charge in [0.25, 0.3) is 0 Å². The first-order chi connectivity index (χ1) is 7.28. The maximum Gasteiger partial charge on any atom is 0.224 e. The van der Waals surface area contributed by atoms with E-state index in [0.29, 0.717) is 12.1 Å². The van der Waals surface area contributed by atoms with Crippen LogP contribution in [0.15, 0.2) is 0 Å². The molecule has 2 unspecified atom stereocenters. The van der Waals surface area contributed by atoms with Crippen LogP contribution in [0.3, 0.4) is 0 Å². The van der Waals surface area contributed by atoms with Gasteiger partial charge >= 0.3 is 0 Å². The van der Waals surface area contributed by atoms with Crippen LogP contribution in [0.5, 0.6) is 0 Å². The lowest BCUT2D eigenvalue weighted by Crippen LogP contribution is -2.39. The van der Waals surface area contributed by atoms with Crippen molar-refractivity contribution in [1.82, 2.24) is 10.6 Å². The fourth-order valence-corrected chi connectivity index (χ4v) is 3.02. The number of carbonyl (C=O) groups excluding carboxylic acids is 1. The average molecular weight is 224 g/mol. The quantitative estimate of drug-likeness (QED) is 0.747. The molecule has 1 saturated carbocycles. The Morgan fingerprint density at radius 3 is 2.19 bits per heavy atom. The number of amides is 1. The van der Waals surface area contributed by atoms with Gasteiger partial charge in [-0.3, -0.25) is 4.79 Å². The van der Waals surface area contributed by atoms with Crippen molar-refractivity contribution in [3.8, 4) is 0 Å². The van der Waals surface area contributed by atoms with Gasteiger partial charge in [-0.15, -0.1) is 0 Å². The van der Waals surface area contributed by atoms with E-state index in [2.05, 4.69) is 45.3 Å². The highest BCUT2D eigenvalue weighted by molar-refractivity contribution is 5.80. The van der Waals surface area contributed by atoms with Crippen molar-refractivity contribution in [2.45, 2.75) is 53.1 Å². The first-order valence-corrected chi connectivity index (χ1v) is 6.32. The molecule has 2 atom stereocenters. The molecule has 1 aliphatic heterocycles. The third kappa shape index (κ3) is 1.56. The molecule has 1 saturated heterocycles. The van der Waals surface area contributed by atoms with Crippen LogP contribution in [0.25, 0.3) is 0 Å². The van der Waals surface area contributed by atoms with Crippen molar-refractivity contribution in [1.29, 1.82) is 0 Å². The molecule has 0 spiro atoms. The molecule has 2 aliphatic rings. The highest BCUT2D eigenvalue weighted by Gasteiger charge is 2.65. The van der Waals surface area contributed by atoms with Gasteiger partial charge in [0.15, 0.2) is 0 Å². The van der Waals surface area contributed by atoms with Crippen molar-refractivity contribution >= 4 is 5.91 Å². The normalized spacial score (nSPS) is 36.1. The Hall–Kier alpha value is -0.570. The van der Waals surface area contributed by atoms with Gasteiger partial charge in [-0.25, -0.2) is 0 Å². The fraction of sp³-hybridized carbons (Fsp3) is 0.923. The molecule has 16 heavy (non-hydrogen) atoms. The van der Waals surface area contributed by atoms with Crippen molar-refractivity contribution < 1.29 is 4.79 Å². The molecule has 1 heterocycles. The van der Waals surface area contributed by atoms with Gasteiger partial charge in [0.1, 0.15) is 0 Å². The molecular formula is C13H24N2O. The summed E-state index contributed by atoms with van der Waals surface area (Å²) in [5.41, 5.74) is 0.468. The van der Waals surface area contributed by atoms with Gasteiger partial charge in [-0.2, -0.15) is 0 Å². The SMILES string of the molecule is CC1NCCC1C(=O)NC1C(C)(C)C1(C)C. The van der Waals surface area contributed by atoms with Crippen molar-refractivity contribution in [2.75, 3.05) is 6.54 Å². The Bertz CT molecular complexity index is 295. The zero-order chi connectivity index (χ0) is 12.1. The molecule has 1 amide bonds. The van der Waals surface area contributed by atoms with Crippen molar-refractivity contribution in [3.63, 3.8) is 0 Å². The summed E-state index contributed by atoms with van der Waals surface area (Å²) in [6, 6.07) is 0.658. The predicted molar refractivity (Wildman–Crippen MR) is 65.1 cm³/mol. The molecule has 0 aromatic carbocycles. The van der Waals surface area contributed by atoms with Gasteiger partial charge in [-0.1, -0.05) is 27.7 Å². The Kier molecular flexibility index (Phi) is 2.57. The largest absolute Gasteiger partial charge is 0.352 e. The lowest BCUT2D eigenvalue weighted by atomic mass is 10.0. The molecule has 3 nitrogen and oxygen atoms in total. The van der Waals surface area contributed by atoms with Gasteiger partial charge in [0.2, 0.25) is 5.91 Å². The zero-order valence-corrected chi connectivity index (χ0v) is 11.1. The second-order valence-electron chi connectivity index (χ2n) is 6.52. The highest BCUT2D eigenvalue weighted by atomic mass is 16.2. The van der Waals surface area contributed by atoms with Crippen LogP contribution >= 0.6 is 0 Å². The molecule has 0 bridgehead atoms. The van der Waals surface area contributed by atoms with Crippen LogP contribution in [-0.2, 0) is 4.79 Å². The van der Waals surface area contributed by atoms with Crippen LogP contribution in [0.2, 0.25) is 0 Å². The monoisotopic (exact) mass is 224 g/mol. The van der Waals surface area contributed by atoms with Gasteiger partial charge < -0.3 is 10.6 Å². The average Bonchev–Trinajstić information content (AvgIpc) is 2.57. The second-order valence-corrected chi connectivity index (χ2v) is 6.52. The number of rotatable bonds is 2. The van der Waals surface area contributed by atoms with E-state index in [0.717, 1.165) is 13.0 Å². The highest BCUT2D eigenvalue weighted by Crippen LogP contribution is 2.62. The van der Waals surface area contributed by atoms with Crippen LogP contribution < -0.4 is 10.6 Å². The van der Waals surface area contributed by atoms with E-state index < -0.39 is 0 Å². The second kappa shape index (κ2) is 3.46. The summed E-state index contributed by atoms with van der Waals surface area (Å²) in [5, 5.41) is 6.55. The summed E-state index contributed by atoms with van der Waals surface area (Å²) in [4.78, 5) is 12.1. The standard InChI is InChI=1S/C13H24N2O/c1-8-9(6-7-14-8)10(16)15-11-12(2,3)13(11,4)5/h8-9,11,14H,6-7H2,1-5H3,(H,15,16). The van der Waals surface area contributed by atoms with E-state index in [9.17, 15) is 4.79 Å². The predicted octanol–water partition coefficient (Wildman–Crippen LogP) is 1.54. The smallest absolute Gasteiger partial charge is 0.224 e. The van der Waals surface area contributed by atoms with E-state index in [1.165, 1.54) is 0 Å². The van der Waals surface area contributed by atoms with Crippen LogP contribution in [0, 0.1) is 16.7 Å². The Labute approximate surface area is 98.4 Å². The summed E-state index contributed by atoms with van der Waals surface area (Å²) in [6.45, 7) is 12.0. The van der Waals surface area contributed by atoms with E-state index in [4.69, 9.17) is 0 Å². The van der Waals surface area contributed by atoms with E-state index >= 15 is 0 Å². The number of carbonyl (C=O) groups is 1. The molecule has 0 aromatic rings. The third-order valence-electron chi connectivity index (χ3n) is 5.17. The molecule has 92 valence electrons. The first-order valence-electron chi connectivity index (χ1n) is 6.32. The zero-order valence-electron chi connectivity index (χ0n) is 11.1. The molecule has 0 aromatic heterocycles. The lowest BCUT2D eigenvalue weighted by Gasteiger charge is -2.16. The van der Waals surface area contributed by atoms with E-state index in [-0.39, 0.29) is 22.7 Å². The first kappa shape index (κ1) is 11.9. The number of hydrogen-bond donors (Lipinski definition) is 2. The van der Waals surface area contributed by atoms with Crippen LogP contribution in [0.1, 0.15) is 41.0 Å². The summed E-state index contributed by atoms with van der Waals surface area (Å²) >= 11 is 0. The maximum atomic E-state index is 12.1. The van der Waals surface area contributed by atoms with Crippen LogP contribution in [0.4, 0.5) is 0 Å². The molecule has 0 radical (unpaired) electrons. The molecule has 1 aliphatic carbocycles. The van der Waals surface area contributed by atoms with Crippen LogP contribution in [-0.4, -0.2) is 24.5 Å². The van der Waals surface area contributed by atoms with E-state index in [1.807, 2.05) is 0 Å². The minimum Gasteiger partial charge on any atom is -0.352 e. The molecule has 2 fully saturated rings. The lowest BCUT2D eigenvalue weighted by molar-refractivity contribution is -0.125. The topological polar surface area (TPSA) is 41.1 Å². The summed E-state index contributed by atoms with van der Waals surface area (Å²) < 4.78 is 0. The number of nitrogens with one attached hydrogen (secondary N) is 2. The Morgan fingerprint density at radius 1 is 1.25 bits per heavy atom. The van der Waals surface area contributed by atoms with Crippen molar-refractivity contribution in [2.24, 2.45) is 16.7 Å². The maximum absolute atomic E-state index is 12.1. The van der Waals surface area contributed by atoms with Crippen molar-refractivity contribution in [3.05, 3.63) is 0 Å². The van der Waals surface area contributed by atoms with Gasteiger partial charge in [0, 0.05) is 12.1 Å². The summed E-state index contributed by atoms with van der Waals surface area (Å²) in [5.74, 6) is 0.397. The molecule has 3 heteroatoms. The molecular weight excluding hydrogens is 200 g/mol. The van der Waals surface area contributed by atoms with E-state index in [1.54, 1.807) is 0 Å². The number of hydrogen-bond acceptors (Lipinski definition) is 2. The minimum absolute atomic E-state index is 0.159. The Balaban J connectivity index is 1.95. The molecule has 2 rings (SSSR count). The molecule has 2 N–H and O–H groups in total. The third-order valence-corrected chi connectivity index (χ3v) is 5.17. The summed E-state index contributed by atoms with van der Waals surface area (Å²) in [6.07, 6.45) is 0.973. The minimum atomic E-state index is 0.159. The van der Waals surface area contributed by atoms with Gasteiger partial charge in [-0.05, 0) is 30.7 Å². The van der Waals surface area contributed by atoms with Gasteiger partial charge in [0.05, 0.1) is 5.92 Å². The summed E-state index contributed by atoms with van der Waals surface area (Å²) in [7, 11) is 0.